The van der Waals surface area contributed by atoms with Crippen LogP contribution in [0.5, 0.6) is 0 Å². The molecule has 4 heterocycles. The van der Waals surface area contributed by atoms with Crippen molar-refractivity contribution in [3.8, 4) is 0 Å². The van der Waals surface area contributed by atoms with Crippen LogP contribution in [0, 0.1) is 0 Å². The van der Waals surface area contributed by atoms with E-state index in [9.17, 15) is 66.4 Å². The van der Waals surface area contributed by atoms with Crippen molar-refractivity contribution in [2.45, 2.75) is 161 Å². The molecule has 5 rings (SSSR count). The summed E-state index contributed by atoms with van der Waals surface area (Å²) in [7, 11) is 0. The number of aliphatic hydroxyl groups excluding tert-OH is 13. The van der Waals surface area contributed by atoms with Gasteiger partial charge in [-0.3, -0.25) is 0 Å². The van der Waals surface area contributed by atoms with Crippen LogP contribution in [-0.2, 0) is 37.9 Å². The van der Waals surface area contributed by atoms with Crippen molar-refractivity contribution in [2.24, 2.45) is 5.73 Å². The van der Waals surface area contributed by atoms with Crippen molar-refractivity contribution in [3.05, 3.63) is 0 Å². The lowest BCUT2D eigenvalue weighted by atomic mass is 9.93. The van der Waals surface area contributed by atoms with E-state index in [0.29, 0.717) is 25.7 Å². The summed E-state index contributed by atoms with van der Waals surface area (Å²) in [6, 6.07) is -0.0193. The lowest BCUT2D eigenvalue weighted by molar-refractivity contribution is -0.404. The molecule has 11 unspecified atom stereocenters. The van der Waals surface area contributed by atoms with E-state index in [2.05, 4.69) is 0 Å². The van der Waals surface area contributed by atoms with Crippen molar-refractivity contribution < 1.29 is 104 Å². The summed E-state index contributed by atoms with van der Waals surface area (Å²) >= 11 is 0. The Balaban J connectivity index is 1.40. The van der Waals surface area contributed by atoms with E-state index in [-0.39, 0.29) is 6.04 Å². The smallest absolute Gasteiger partial charge is 0.187 e. The van der Waals surface area contributed by atoms with Gasteiger partial charge in [0, 0.05) is 6.04 Å². The predicted molar refractivity (Wildman–Crippen MR) is 163 cm³/mol. The van der Waals surface area contributed by atoms with Crippen molar-refractivity contribution in [1.82, 2.24) is 0 Å². The third kappa shape index (κ3) is 8.89. The summed E-state index contributed by atoms with van der Waals surface area (Å²) in [6.07, 6.45) is -33.5. The largest absolute Gasteiger partial charge is 0.394 e. The first-order valence-electron chi connectivity index (χ1n) is 17.3. The molecule has 5 fully saturated rings. The molecule has 0 bridgehead atoms. The quantitative estimate of drug-likeness (QED) is 0.0877. The zero-order chi connectivity index (χ0) is 38.0. The van der Waals surface area contributed by atoms with E-state index in [0.717, 1.165) is 0 Å². The van der Waals surface area contributed by atoms with Gasteiger partial charge in [0.1, 0.15) is 97.7 Å². The average molecular weight is 764 g/mol. The Morgan fingerprint density at radius 1 is 0.385 bits per heavy atom. The maximum Gasteiger partial charge on any atom is 0.187 e. The highest BCUT2D eigenvalue weighted by Crippen LogP contribution is 2.36. The maximum absolute atomic E-state index is 11.3. The summed E-state index contributed by atoms with van der Waals surface area (Å²) < 4.78 is 45.8. The van der Waals surface area contributed by atoms with Crippen LogP contribution in [-0.4, -0.2) is 228 Å². The normalized spacial score (nSPS) is 52.0. The molecule has 22 nitrogen and oxygen atoms in total. The molecule has 1 saturated carbocycles. The van der Waals surface area contributed by atoms with Gasteiger partial charge in [0.05, 0.1) is 32.5 Å². The van der Waals surface area contributed by atoms with E-state index in [1.54, 1.807) is 0 Å². The zero-order valence-corrected chi connectivity index (χ0v) is 28.0. The molecule has 52 heavy (non-hydrogen) atoms. The standard InChI is InChI=1S/C30H53NO21/c31-9-1-3-10(4-2-9)45-28-23(44)24(18(39)14(8-35)47-28)50-29-26(21(42)17(38)12(6-33)48-29)52-30-25(20(41)16(37)13(7-34)49-30)51-27-22(43)19(40)15(36)11(5-32)46-27/h9-30,32-44H,1-8,31H2/t9?,10?,11?,12?,13?,14?,15-,16-,17-,18-,19?,20?,21?,22?,23?,24+,25?,26?,27-,28-,29-,30-/m1/s1. The Morgan fingerprint density at radius 3 is 1.21 bits per heavy atom. The third-order valence-corrected chi connectivity index (χ3v) is 10.2. The summed E-state index contributed by atoms with van der Waals surface area (Å²) in [5.74, 6) is 0. The van der Waals surface area contributed by atoms with E-state index in [4.69, 9.17) is 43.6 Å². The van der Waals surface area contributed by atoms with Gasteiger partial charge in [-0.05, 0) is 25.7 Å². The van der Waals surface area contributed by atoms with Crippen LogP contribution in [0.2, 0.25) is 0 Å². The first-order chi connectivity index (χ1) is 24.7. The van der Waals surface area contributed by atoms with Gasteiger partial charge in [0.15, 0.2) is 25.2 Å². The van der Waals surface area contributed by atoms with Crippen LogP contribution in [0.15, 0.2) is 0 Å². The summed E-state index contributed by atoms with van der Waals surface area (Å²) in [6.45, 7) is -3.33. The molecule has 0 aromatic rings. The van der Waals surface area contributed by atoms with E-state index in [1.165, 1.54) is 0 Å². The molecule has 0 radical (unpaired) electrons. The van der Waals surface area contributed by atoms with Gasteiger partial charge in [-0.2, -0.15) is 0 Å². The highest BCUT2D eigenvalue weighted by Gasteiger charge is 2.56. The Morgan fingerprint density at radius 2 is 0.750 bits per heavy atom. The minimum atomic E-state index is -2.01. The number of aliphatic hydroxyl groups is 13. The molecule has 15 N–H and O–H groups in total. The summed E-state index contributed by atoms with van der Waals surface area (Å²) in [4.78, 5) is 0. The number of rotatable bonds is 12. The van der Waals surface area contributed by atoms with Crippen molar-refractivity contribution in [3.63, 3.8) is 0 Å². The molecule has 5 aliphatic rings. The fourth-order valence-corrected chi connectivity index (χ4v) is 7.01. The molecule has 0 amide bonds. The molecule has 0 aromatic heterocycles. The predicted octanol–water partition coefficient (Wildman–Crippen LogP) is -8.45. The van der Waals surface area contributed by atoms with Crippen LogP contribution in [0.3, 0.4) is 0 Å². The second kappa shape index (κ2) is 18.4. The molecule has 0 spiro atoms. The summed E-state index contributed by atoms with van der Waals surface area (Å²) in [5, 5.41) is 136. The maximum atomic E-state index is 11.3. The second-order valence-electron chi connectivity index (χ2n) is 13.8. The molecule has 1 aliphatic carbocycles. The molecule has 4 aliphatic heterocycles. The molecule has 4 saturated heterocycles. The van der Waals surface area contributed by atoms with Gasteiger partial charge >= 0.3 is 0 Å². The zero-order valence-electron chi connectivity index (χ0n) is 28.0. The Kier molecular flexibility index (Phi) is 14.9. The van der Waals surface area contributed by atoms with Crippen LogP contribution < -0.4 is 5.73 Å². The van der Waals surface area contributed by atoms with Crippen LogP contribution in [0.1, 0.15) is 25.7 Å². The fourth-order valence-electron chi connectivity index (χ4n) is 7.01. The number of ether oxygens (including phenoxy) is 8. The van der Waals surface area contributed by atoms with Gasteiger partial charge in [-0.15, -0.1) is 0 Å². The first kappa shape index (κ1) is 42.3. The van der Waals surface area contributed by atoms with Crippen molar-refractivity contribution in [1.29, 1.82) is 0 Å². The van der Waals surface area contributed by atoms with Crippen LogP contribution in [0.25, 0.3) is 0 Å². The minimum Gasteiger partial charge on any atom is -0.394 e. The lowest BCUT2D eigenvalue weighted by Crippen LogP contribution is -2.68. The van der Waals surface area contributed by atoms with Gasteiger partial charge < -0.3 is 110 Å². The topological polar surface area (TPSA) is 363 Å². The molecule has 304 valence electrons. The fraction of sp³-hybridized carbons (Fsp3) is 1.00. The molecule has 22 heteroatoms. The van der Waals surface area contributed by atoms with Crippen LogP contribution >= 0.6 is 0 Å². The average Bonchev–Trinajstić information content (AvgIpc) is 3.14. The number of hydrogen-bond donors (Lipinski definition) is 14. The van der Waals surface area contributed by atoms with Crippen LogP contribution in [0.4, 0.5) is 0 Å². The van der Waals surface area contributed by atoms with E-state index < -0.39 is 155 Å². The third-order valence-electron chi connectivity index (χ3n) is 10.2. The molecular formula is C30H53NO21. The van der Waals surface area contributed by atoms with Crippen molar-refractivity contribution in [2.75, 3.05) is 26.4 Å². The highest BCUT2D eigenvalue weighted by molar-refractivity contribution is 4.98. The van der Waals surface area contributed by atoms with Gasteiger partial charge in [-0.1, -0.05) is 0 Å². The SMILES string of the molecule is NC1CCC(O[C@@H]2OC(CO)[C@@H](O)[C@H](O[C@H]3OC(CO)[C@@H](O)C(O)C3O[C@H]3OC(CO)[C@@H](O)C(O)C3O[C@H]3OC(CO)[C@@H](O)C(O)C3O)C2O)CC1. The highest BCUT2D eigenvalue weighted by atomic mass is 16.8. The lowest BCUT2D eigenvalue weighted by Gasteiger charge is -2.50. The summed E-state index contributed by atoms with van der Waals surface area (Å²) in [5.41, 5.74) is 5.98. The first-order valence-corrected chi connectivity index (χ1v) is 17.3. The van der Waals surface area contributed by atoms with E-state index in [1.807, 2.05) is 0 Å². The Bertz CT molecular complexity index is 1090. The number of hydrogen-bond acceptors (Lipinski definition) is 22. The Hall–Kier alpha value is -0.880. The Labute approximate surface area is 297 Å². The van der Waals surface area contributed by atoms with Gasteiger partial charge in [0.25, 0.3) is 0 Å². The second-order valence-corrected chi connectivity index (χ2v) is 13.8. The van der Waals surface area contributed by atoms with Gasteiger partial charge in [0.2, 0.25) is 0 Å². The number of nitrogens with two attached hydrogens (primary N) is 1. The molecular weight excluding hydrogens is 710 g/mol. The molecule has 20 atom stereocenters. The van der Waals surface area contributed by atoms with Crippen molar-refractivity contribution >= 4 is 0 Å². The minimum absolute atomic E-state index is 0.0193. The van der Waals surface area contributed by atoms with Gasteiger partial charge in [-0.25, -0.2) is 0 Å². The van der Waals surface area contributed by atoms with E-state index >= 15 is 0 Å². The molecule has 0 aromatic carbocycles. The monoisotopic (exact) mass is 763 g/mol.